The molecule has 0 radical (unpaired) electrons. The van der Waals surface area contributed by atoms with Crippen molar-refractivity contribution in [2.24, 2.45) is 0 Å². The number of hydrogen-bond acceptors (Lipinski definition) is 5. The van der Waals surface area contributed by atoms with Gasteiger partial charge in [-0.15, -0.1) is 0 Å². The van der Waals surface area contributed by atoms with Gasteiger partial charge in [0.25, 0.3) is 5.91 Å². The third-order valence-corrected chi connectivity index (χ3v) is 3.49. The topological polar surface area (TPSA) is 117 Å². The van der Waals surface area contributed by atoms with Crippen LogP contribution in [0.3, 0.4) is 0 Å². The zero-order chi connectivity index (χ0) is 16.5. The van der Waals surface area contributed by atoms with Crippen LogP contribution >= 0.6 is 0 Å². The van der Waals surface area contributed by atoms with E-state index < -0.39 is 11.7 Å². The summed E-state index contributed by atoms with van der Waals surface area (Å²) in [6.45, 7) is 0. The fourth-order valence-electron chi connectivity index (χ4n) is 2.41. The summed E-state index contributed by atoms with van der Waals surface area (Å²) in [6, 6.07) is 14.1. The van der Waals surface area contributed by atoms with Gasteiger partial charge in [0.1, 0.15) is 5.69 Å². The Hall–Kier alpha value is -3.68. The third kappa shape index (κ3) is 2.45. The lowest BCUT2D eigenvalue weighted by Gasteiger charge is -2.04. The van der Waals surface area contributed by atoms with E-state index in [1.165, 1.54) is 0 Å². The predicted molar refractivity (Wildman–Crippen MR) is 86.6 cm³/mol. The van der Waals surface area contributed by atoms with Gasteiger partial charge in [0.2, 0.25) is 0 Å². The van der Waals surface area contributed by atoms with Crippen LogP contribution in [0.5, 0.6) is 0 Å². The minimum atomic E-state index is -0.545. The van der Waals surface area contributed by atoms with Crippen LogP contribution in [-0.2, 0) is 0 Å². The van der Waals surface area contributed by atoms with E-state index in [1.807, 2.05) is 30.3 Å². The predicted octanol–water partition coefficient (Wildman–Crippen LogP) is 2.16. The number of aromatic amines is 2. The van der Waals surface area contributed by atoms with Crippen molar-refractivity contribution in [3.05, 3.63) is 64.8 Å². The molecular formula is C16H11N5O3. The van der Waals surface area contributed by atoms with Crippen LogP contribution in [0.1, 0.15) is 10.5 Å². The highest BCUT2D eigenvalue weighted by molar-refractivity contribution is 6.07. The van der Waals surface area contributed by atoms with Gasteiger partial charge in [-0.25, -0.2) is 4.79 Å². The highest BCUT2D eigenvalue weighted by Gasteiger charge is 2.18. The van der Waals surface area contributed by atoms with Crippen molar-refractivity contribution in [1.82, 2.24) is 20.4 Å². The molecule has 2 heterocycles. The Kier molecular flexibility index (Phi) is 3.20. The molecule has 24 heavy (non-hydrogen) atoms. The second kappa shape index (κ2) is 5.51. The Balaban J connectivity index is 1.64. The van der Waals surface area contributed by atoms with E-state index >= 15 is 0 Å². The molecule has 2 aromatic carbocycles. The molecule has 4 aromatic rings. The van der Waals surface area contributed by atoms with E-state index in [2.05, 4.69) is 25.7 Å². The van der Waals surface area contributed by atoms with Gasteiger partial charge in [-0.05, 0) is 18.2 Å². The van der Waals surface area contributed by atoms with Gasteiger partial charge >= 0.3 is 5.76 Å². The number of oxazole rings is 1. The molecular weight excluding hydrogens is 310 g/mol. The first kappa shape index (κ1) is 13.9. The quantitative estimate of drug-likeness (QED) is 0.534. The Morgan fingerprint density at radius 3 is 2.75 bits per heavy atom. The highest BCUT2D eigenvalue weighted by Crippen LogP contribution is 2.21. The number of carbonyl (C=O) groups excluding carboxylic acids is 1. The summed E-state index contributed by atoms with van der Waals surface area (Å²) in [7, 11) is 0. The number of fused-ring (bicyclic) bond motifs is 1. The van der Waals surface area contributed by atoms with Crippen molar-refractivity contribution in [3.63, 3.8) is 0 Å². The fraction of sp³-hybridized carbons (Fsp3) is 0. The number of nitrogens with one attached hydrogen (secondary N) is 3. The SMILES string of the molecule is O=C(Nc1ccc2oc(=O)[nH]c2c1)c1n[nH]nc1-c1ccccc1. The average Bonchev–Trinajstić information content (AvgIpc) is 3.21. The summed E-state index contributed by atoms with van der Waals surface area (Å²) in [4.78, 5) is 26.2. The summed E-state index contributed by atoms with van der Waals surface area (Å²) >= 11 is 0. The Labute approximate surface area is 134 Å². The summed E-state index contributed by atoms with van der Waals surface area (Å²) in [5.41, 5.74) is 2.86. The molecule has 0 aliphatic rings. The van der Waals surface area contributed by atoms with Crippen LogP contribution in [0.4, 0.5) is 5.69 Å². The molecule has 2 aromatic heterocycles. The number of nitrogens with zero attached hydrogens (tertiary/aromatic N) is 2. The van der Waals surface area contributed by atoms with Crippen molar-refractivity contribution in [2.45, 2.75) is 0 Å². The average molecular weight is 321 g/mol. The van der Waals surface area contributed by atoms with Crippen molar-refractivity contribution in [1.29, 1.82) is 0 Å². The molecule has 0 saturated heterocycles. The number of anilines is 1. The van der Waals surface area contributed by atoms with E-state index in [0.29, 0.717) is 22.5 Å². The first-order chi connectivity index (χ1) is 11.7. The van der Waals surface area contributed by atoms with Gasteiger partial charge < -0.3 is 9.73 Å². The minimum absolute atomic E-state index is 0.182. The first-order valence-electron chi connectivity index (χ1n) is 7.11. The maximum Gasteiger partial charge on any atom is 0.417 e. The molecule has 1 amide bonds. The van der Waals surface area contributed by atoms with Gasteiger partial charge in [-0.2, -0.15) is 15.4 Å². The Bertz CT molecular complexity index is 1080. The number of hydrogen-bond donors (Lipinski definition) is 3. The van der Waals surface area contributed by atoms with E-state index in [0.717, 1.165) is 5.56 Å². The smallest absolute Gasteiger partial charge is 0.408 e. The molecule has 0 unspecified atom stereocenters. The maximum atomic E-state index is 12.5. The van der Waals surface area contributed by atoms with Gasteiger partial charge in [0.15, 0.2) is 11.3 Å². The van der Waals surface area contributed by atoms with E-state index in [-0.39, 0.29) is 5.69 Å². The van der Waals surface area contributed by atoms with Gasteiger partial charge in [-0.1, -0.05) is 30.3 Å². The summed E-state index contributed by atoms with van der Waals surface area (Å²) < 4.78 is 4.93. The molecule has 0 aliphatic heterocycles. The number of carbonyl (C=O) groups is 1. The highest BCUT2D eigenvalue weighted by atomic mass is 16.4. The van der Waals surface area contributed by atoms with Crippen molar-refractivity contribution >= 4 is 22.7 Å². The van der Waals surface area contributed by atoms with Crippen molar-refractivity contribution < 1.29 is 9.21 Å². The standard InChI is InChI=1S/C16H11N5O3/c22-15(14-13(19-21-20-14)9-4-2-1-3-5-9)17-10-6-7-12-11(8-10)18-16(23)24-12/h1-8H,(H,17,22)(H,18,23)(H,19,20,21). The van der Waals surface area contributed by atoms with Gasteiger partial charge in [-0.3, -0.25) is 9.78 Å². The zero-order valence-electron chi connectivity index (χ0n) is 12.2. The monoisotopic (exact) mass is 321 g/mol. The second-order valence-corrected chi connectivity index (χ2v) is 5.07. The van der Waals surface area contributed by atoms with Crippen molar-refractivity contribution in [2.75, 3.05) is 5.32 Å². The lowest BCUT2D eigenvalue weighted by molar-refractivity contribution is 0.102. The largest absolute Gasteiger partial charge is 0.417 e. The van der Waals surface area contributed by atoms with Gasteiger partial charge in [0.05, 0.1) is 5.52 Å². The first-order valence-corrected chi connectivity index (χ1v) is 7.11. The molecule has 8 heteroatoms. The lowest BCUT2D eigenvalue weighted by atomic mass is 10.1. The number of benzene rings is 2. The lowest BCUT2D eigenvalue weighted by Crippen LogP contribution is -2.13. The maximum absolute atomic E-state index is 12.5. The van der Waals surface area contributed by atoms with Gasteiger partial charge in [0, 0.05) is 11.3 Å². The van der Waals surface area contributed by atoms with E-state index in [1.54, 1.807) is 18.2 Å². The second-order valence-electron chi connectivity index (χ2n) is 5.07. The minimum Gasteiger partial charge on any atom is -0.408 e. The third-order valence-electron chi connectivity index (χ3n) is 3.49. The van der Waals surface area contributed by atoms with E-state index in [4.69, 9.17) is 4.42 Å². The number of rotatable bonds is 3. The Morgan fingerprint density at radius 2 is 1.92 bits per heavy atom. The normalized spacial score (nSPS) is 10.8. The summed E-state index contributed by atoms with van der Waals surface area (Å²) in [5, 5.41) is 13.2. The number of amides is 1. The van der Waals surface area contributed by atoms with E-state index in [9.17, 15) is 9.59 Å². The van der Waals surface area contributed by atoms with Crippen LogP contribution < -0.4 is 11.1 Å². The molecule has 0 saturated carbocycles. The Morgan fingerprint density at radius 1 is 1.08 bits per heavy atom. The fourth-order valence-corrected chi connectivity index (χ4v) is 2.41. The molecule has 0 fully saturated rings. The van der Waals surface area contributed by atoms with Crippen molar-refractivity contribution in [3.8, 4) is 11.3 Å². The zero-order valence-corrected chi connectivity index (χ0v) is 12.2. The van der Waals surface area contributed by atoms with Crippen LogP contribution in [0.2, 0.25) is 0 Å². The van der Waals surface area contributed by atoms with Crippen LogP contribution in [0.25, 0.3) is 22.4 Å². The summed E-state index contributed by atoms with van der Waals surface area (Å²) in [5.74, 6) is -0.955. The molecule has 4 rings (SSSR count). The molecule has 0 spiro atoms. The molecule has 0 bridgehead atoms. The molecule has 118 valence electrons. The summed E-state index contributed by atoms with van der Waals surface area (Å²) in [6.07, 6.45) is 0. The van der Waals surface area contributed by atoms with Crippen LogP contribution in [0, 0.1) is 0 Å². The molecule has 3 N–H and O–H groups in total. The number of H-pyrrole nitrogens is 2. The number of aromatic nitrogens is 4. The van der Waals surface area contributed by atoms with Crippen LogP contribution in [0.15, 0.2) is 57.7 Å². The van der Waals surface area contributed by atoms with Crippen LogP contribution in [-0.4, -0.2) is 26.3 Å². The molecule has 0 aliphatic carbocycles. The molecule has 0 atom stereocenters. The molecule has 8 nitrogen and oxygen atoms in total.